The molecule has 0 aliphatic heterocycles. The summed E-state index contributed by atoms with van der Waals surface area (Å²) >= 11 is 0. The van der Waals surface area contributed by atoms with Crippen LogP contribution < -0.4 is 4.74 Å². The first kappa shape index (κ1) is 14.2. The first-order valence-corrected chi connectivity index (χ1v) is 7.43. The van der Waals surface area contributed by atoms with E-state index in [2.05, 4.69) is 30.6 Å². The first-order valence-electron chi connectivity index (χ1n) is 7.43. The molecule has 9 nitrogen and oxygen atoms in total. The maximum Gasteiger partial charge on any atom is 0.214 e. The van der Waals surface area contributed by atoms with Crippen LogP contribution in [0.25, 0.3) is 17.0 Å². The van der Waals surface area contributed by atoms with Gasteiger partial charge >= 0.3 is 0 Å². The fraction of sp³-hybridized carbons (Fsp3) is 0.200. The van der Waals surface area contributed by atoms with E-state index in [0.29, 0.717) is 12.4 Å². The summed E-state index contributed by atoms with van der Waals surface area (Å²) in [6.07, 6.45) is 4.93. The van der Waals surface area contributed by atoms with Crippen LogP contribution >= 0.6 is 0 Å². The Bertz CT molecular complexity index is 949. The Morgan fingerprint density at radius 3 is 3.00 bits per heavy atom. The van der Waals surface area contributed by atoms with Crippen molar-refractivity contribution in [2.75, 3.05) is 0 Å². The number of hydrogen-bond donors (Lipinski definition) is 0. The predicted octanol–water partition coefficient (Wildman–Crippen LogP) is 1.25. The van der Waals surface area contributed by atoms with Gasteiger partial charge in [0.25, 0.3) is 0 Å². The number of ether oxygens (including phenoxy) is 1. The second-order valence-corrected chi connectivity index (χ2v) is 5.27. The van der Waals surface area contributed by atoms with Crippen LogP contribution in [0.3, 0.4) is 0 Å². The topological polar surface area (TPSA) is 95.9 Å². The average molecular weight is 322 g/mol. The third-order valence-corrected chi connectivity index (χ3v) is 3.40. The van der Waals surface area contributed by atoms with Gasteiger partial charge in [-0.1, -0.05) is 6.07 Å². The number of pyridine rings is 1. The minimum atomic E-state index is -0.125. The second kappa shape index (κ2) is 6.03. The van der Waals surface area contributed by atoms with E-state index in [1.165, 1.54) is 0 Å². The van der Waals surface area contributed by atoms with Gasteiger partial charge in [-0.3, -0.25) is 0 Å². The lowest BCUT2D eigenvalue weighted by Gasteiger charge is -2.13. The van der Waals surface area contributed by atoms with E-state index in [0.717, 1.165) is 17.0 Å². The Hall–Kier alpha value is -3.36. The third-order valence-electron chi connectivity index (χ3n) is 3.40. The summed E-state index contributed by atoms with van der Waals surface area (Å²) < 4.78 is 9.18. The molecule has 0 bridgehead atoms. The quantitative estimate of drug-likeness (QED) is 0.545. The first-order chi connectivity index (χ1) is 11.8. The second-order valence-electron chi connectivity index (χ2n) is 5.27. The summed E-state index contributed by atoms with van der Waals surface area (Å²) in [5.41, 5.74) is 2.28. The zero-order chi connectivity index (χ0) is 16.4. The van der Waals surface area contributed by atoms with E-state index in [1.54, 1.807) is 27.9 Å². The monoisotopic (exact) mass is 322 g/mol. The van der Waals surface area contributed by atoms with Crippen LogP contribution in [0.1, 0.15) is 6.92 Å². The van der Waals surface area contributed by atoms with E-state index in [1.807, 2.05) is 37.3 Å². The van der Waals surface area contributed by atoms with E-state index in [4.69, 9.17) is 4.74 Å². The van der Waals surface area contributed by atoms with Crippen LogP contribution in [-0.4, -0.2) is 45.9 Å². The Labute approximate surface area is 136 Å². The highest BCUT2D eigenvalue weighted by Gasteiger charge is 2.09. The Balaban J connectivity index is 1.54. The Morgan fingerprint density at radius 2 is 2.12 bits per heavy atom. The highest BCUT2D eigenvalue weighted by molar-refractivity contribution is 5.56. The molecule has 0 aromatic carbocycles. The Morgan fingerprint density at radius 1 is 1.17 bits per heavy atom. The lowest BCUT2D eigenvalue weighted by molar-refractivity contribution is 0.185. The summed E-state index contributed by atoms with van der Waals surface area (Å²) in [5.74, 6) is 0.528. The van der Waals surface area contributed by atoms with E-state index in [9.17, 15) is 0 Å². The van der Waals surface area contributed by atoms with Gasteiger partial charge in [0.1, 0.15) is 18.1 Å². The zero-order valence-corrected chi connectivity index (χ0v) is 12.9. The molecule has 0 aliphatic rings. The number of nitrogens with zero attached hydrogens (tertiary/aromatic N) is 8. The molecule has 0 aliphatic carbocycles. The third kappa shape index (κ3) is 2.91. The van der Waals surface area contributed by atoms with Crippen LogP contribution in [0.2, 0.25) is 0 Å². The van der Waals surface area contributed by atoms with E-state index in [-0.39, 0.29) is 6.10 Å². The van der Waals surface area contributed by atoms with Crippen LogP contribution in [0.4, 0.5) is 0 Å². The fourth-order valence-electron chi connectivity index (χ4n) is 2.35. The maximum atomic E-state index is 5.85. The molecule has 24 heavy (non-hydrogen) atoms. The highest BCUT2D eigenvalue weighted by Crippen LogP contribution is 2.19. The minimum absolute atomic E-state index is 0.125. The molecular weight excluding hydrogens is 308 g/mol. The molecule has 0 saturated heterocycles. The van der Waals surface area contributed by atoms with Gasteiger partial charge in [0, 0.05) is 18.5 Å². The SMILES string of the molecule is CC(Cn1cnnn1)Oc1cccc(-c2ccc3nccn3n2)n1. The molecule has 4 aromatic rings. The standard InChI is InChI=1S/C15H14N8O/c1-11(9-22-10-17-20-21-22)24-15-4-2-3-12(18-15)13-5-6-14-16-7-8-23(14)19-13/h2-8,10-11H,9H2,1H3. The van der Waals surface area contributed by atoms with Crippen molar-refractivity contribution in [1.82, 2.24) is 39.8 Å². The molecule has 4 heterocycles. The molecular formula is C15H14N8O. The lowest BCUT2D eigenvalue weighted by Crippen LogP contribution is -2.20. The van der Waals surface area contributed by atoms with Crippen LogP contribution in [0.5, 0.6) is 5.88 Å². The number of aromatic nitrogens is 8. The van der Waals surface area contributed by atoms with Gasteiger partial charge in [-0.05, 0) is 35.5 Å². The molecule has 1 unspecified atom stereocenters. The number of rotatable bonds is 5. The number of imidazole rings is 1. The van der Waals surface area contributed by atoms with Crippen molar-refractivity contribution in [3.05, 3.63) is 49.1 Å². The molecule has 9 heteroatoms. The number of tetrazole rings is 1. The van der Waals surface area contributed by atoms with Gasteiger partial charge in [-0.15, -0.1) is 5.10 Å². The molecule has 0 spiro atoms. The molecule has 0 amide bonds. The lowest BCUT2D eigenvalue weighted by atomic mass is 10.2. The van der Waals surface area contributed by atoms with Crippen molar-refractivity contribution in [1.29, 1.82) is 0 Å². The molecule has 0 N–H and O–H groups in total. The van der Waals surface area contributed by atoms with Gasteiger partial charge < -0.3 is 4.74 Å². The normalized spacial score (nSPS) is 12.4. The van der Waals surface area contributed by atoms with Crippen LogP contribution in [0, 0.1) is 0 Å². The molecule has 4 rings (SSSR count). The van der Waals surface area contributed by atoms with Gasteiger partial charge in [0.15, 0.2) is 5.65 Å². The van der Waals surface area contributed by atoms with Crippen LogP contribution in [0.15, 0.2) is 49.1 Å². The number of hydrogen-bond acceptors (Lipinski definition) is 7. The predicted molar refractivity (Wildman–Crippen MR) is 84.1 cm³/mol. The van der Waals surface area contributed by atoms with Crippen molar-refractivity contribution in [2.45, 2.75) is 19.6 Å². The summed E-state index contributed by atoms with van der Waals surface area (Å²) in [4.78, 5) is 8.71. The molecule has 120 valence electrons. The molecule has 0 fully saturated rings. The summed E-state index contributed by atoms with van der Waals surface area (Å²) in [6.45, 7) is 2.48. The van der Waals surface area contributed by atoms with Crippen LogP contribution in [-0.2, 0) is 6.54 Å². The average Bonchev–Trinajstić information content (AvgIpc) is 3.25. The smallest absolute Gasteiger partial charge is 0.214 e. The van der Waals surface area contributed by atoms with Crippen molar-refractivity contribution in [2.24, 2.45) is 0 Å². The van der Waals surface area contributed by atoms with E-state index >= 15 is 0 Å². The number of fused-ring (bicyclic) bond motifs is 1. The highest BCUT2D eigenvalue weighted by atomic mass is 16.5. The molecule has 1 atom stereocenters. The summed E-state index contributed by atoms with van der Waals surface area (Å²) in [5, 5.41) is 15.5. The molecule has 0 radical (unpaired) electrons. The van der Waals surface area contributed by atoms with Gasteiger partial charge in [0.05, 0.1) is 12.2 Å². The van der Waals surface area contributed by atoms with Gasteiger partial charge in [-0.25, -0.2) is 19.2 Å². The van der Waals surface area contributed by atoms with Crippen molar-refractivity contribution in [3.63, 3.8) is 0 Å². The Kier molecular flexibility index (Phi) is 3.58. The summed E-state index contributed by atoms with van der Waals surface area (Å²) in [6, 6.07) is 9.39. The van der Waals surface area contributed by atoms with Crippen molar-refractivity contribution < 1.29 is 4.74 Å². The molecule has 0 saturated carbocycles. The van der Waals surface area contributed by atoms with Crippen molar-refractivity contribution >= 4 is 5.65 Å². The molecule has 4 aromatic heterocycles. The summed E-state index contributed by atoms with van der Waals surface area (Å²) in [7, 11) is 0. The minimum Gasteiger partial charge on any atom is -0.473 e. The van der Waals surface area contributed by atoms with Gasteiger partial charge in [0.2, 0.25) is 5.88 Å². The largest absolute Gasteiger partial charge is 0.473 e. The maximum absolute atomic E-state index is 5.85. The zero-order valence-electron chi connectivity index (χ0n) is 12.9. The fourth-order valence-corrected chi connectivity index (χ4v) is 2.35. The van der Waals surface area contributed by atoms with Crippen molar-refractivity contribution in [3.8, 4) is 17.3 Å². The van der Waals surface area contributed by atoms with Gasteiger partial charge in [-0.2, -0.15) is 5.10 Å². The van der Waals surface area contributed by atoms with E-state index < -0.39 is 0 Å².